The molecule has 88 valence electrons. The van der Waals surface area contributed by atoms with Crippen LogP contribution in [-0.4, -0.2) is 35.9 Å². The van der Waals surface area contributed by atoms with E-state index in [0.717, 1.165) is 0 Å². The van der Waals surface area contributed by atoms with Gasteiger partial charge in [-0.2, -0.15) is 0 Å². The van der Waals surface area contributed by atoms with Crippen molar-refractivity contribution in [1.82, 2.24) is 0 Å². The van der Waals surface area contributed by atoms with Crippen molar-refractivity contribution in [2.45, 2.75) is 45.8 Å². The maximum Gasteiger partial charge on any atom is 0.309 e. The Hall–Kier alpha value is -1.10. The maximum absolute atomic E-state index is 11.1. The first-order chi connectivity index (χ1) is 6.95. The normalized spacial score (nSPS) is 14.1. The first kappa shape index (κ1) is 13.9. The quantitative estimate of drug-likeness (QED) is 0.662. The minimum atomic E-state index is -0.729. The number of rotatable bonds is 6. The molecule has 0 fully saturated rings. The van der Waals surface area contributed by atoms with E-state index < -0.39 is 24.1 Å². The lowest BCUT2D eigenvalue weighted by atomic mass is 10.2. The molecule has 0 aliphatic carbocycles. The van der Waals surface area contributed by atoms with Gasteiger partial charge in [-0.15, -0.1) is 0 Å². The monoisotopic (exact) mass is 218 g/mol. The SMILES string of the molecule is CCOC(=O)CC(C)OC(=O)CC(C)O. The Kier molecular flexibility index (Phi) is 6.70. The molecule has 0 aliphatic rings. The molecule has 0 bridgehead atoms. The summed E-state index contributed by atoms with van der Waals surface area (Å²) in [5, 5.41) is 8.91. The number of aliphatic hydroxyl groups excluding tert-OH is 1. The van der Waals surface area contributed by atoms with Crippen LogP contribution >= 0.6 is 0 Å². The zero-order chi connectivity index (χ0) is 11.8. The van der Waals surface area contributed by atoms with Crippen LogP contribution in [-0.2, 0) is 19.1 Å². The molecule has 0 spiro atoms. The molecule has 0 aromatic carbocycles. The van der Waals surface area contributed by atoms with Crippen molar-refractivity contribution >= 4 is 11.9 Å². The predicted octanol–water partition coefficient (Wildman–Crippen LogP) is 0.642. The first-order valence-electron chi connectivity index (χ1n) is 4.98. The van der Waals surface area contributed by atoms with E-state index in [1.54, 1.807) is 13.8 Å². The molecule has 1 N–H and O–H groups in total. The summed E-state index contributed by atoms with van der Waals surface area (Å²) in [5.74, 6) is -0.906. The van der Waals surface area contributed by atoms with E-state index in [9.17, 15) is 9.59 Å². The van der Waals surface area contributed by atoms with Crippen molar-refractivity contribution < 1.29 is 24.2 Å². The van der Waals surface area contributed by atoms with E-state index >= 15 is 0 Å². The average molecular weight is 218 g/mol. The van der Waals surface area contributed by atoms with Crippen LogP contribution in [0.2, 0.25) is 0 Å². The van der Waals surface area contributed by atoms with Crippen LogP contribution in [0.3, 0.4) is 0 Å². The third-order valence-corrected chi connectivity index (χ3v) is 1.55. The smallest absolute Gasteiger partial charge is 0.309 e. The summed E-state index contributed by atoms with van der Waals surface area (Å²) in [5.41, 5.74) is 0. The minimum Gasteiger partial charge on any atom is -0.466 e. The van der Waals surface area contributed by atoms with Crippen molar-refractivity contribution in [2.24, 2.45) is 0 Å². The fourth-order valence-electron chi connectivity index (χ4n) is 1.01. The van der Waals surface area contributed by atoms with Gasteiger partial charge in [0, 0.05) is 0 Å². The highest BCUT2D eigenvalue weighted by molar-refractivity contribution is 5.72. The van der Waals surface area contributed by atoms with Crippen LogP contribution in [0.5, 0.6) is 0 Å². The average Bonchev–Trinajstić information content (AvgIpc) is 2.00. The fraction of sp³-hybridized carbons (Fsp3) is 0.800. The van der Waals surface area contributed by atoms with E-state index in [4.69, 9.17) is 14.6 Å². The van der Waals surface area contributed by atoms with Crippen LogP contribution in [0, 0.1) is 0 Å². The standard InChI is InChI=1S/C10H18O5/c1-4-14-9(12)6-8(3)15-10(13)5-7(2)11/h7-8,11H,4-6H2,1-3H3. The van der Waals surface area contributed by atoms with Gasteiger partial charge in [-0.05, 0) is 20.8 Å². The van der Waals surface area contributed by atoms with Gasteiger partial charge < -0.3 is 14.6 Å². The third kappa shape index (κ3) is 7.93. The zero-order valence-corrected chi connectivity index (χ0v) is 9.36. The second-order valence-electron chi connectivity index (χ2n) is 3.36. The fourth-order valence-corrected chi connectivity index (χ4v) is 1.01. The van der Waals surface area contributed by atoms with Gasteiger partial charge in [0.05, 0.1) is 25.6 Å². The van der Waals surface area contributed by atoms with Crippen LogP contribution in [0.15, 0.2) is 0 Å². The lowest BCUT2D eigenvalue weighted by Crippen LogP contribution is -2.22. The molecule has 0 aromatic rings. The molecule has 5 heteroatoms. The Morgan fingerprint density at radius 2 is 1.80 bits per heavy atom. The zero-order valence-electron chi connectivity index (χ0n) is 9.36. The molecule has 2 unspecified atom stereocenters. The lowest BCUT2D eigenvalue weighted by molar-refractivity contribution is -0.155. The highest BCUT2D eigenvalue weighted by Crippen LogP contribution is 2.03. The highest BCUT2D eigenvalue weighted by atomic mass is 16.6. The molecule has 0 amide bonds. The number of aliphatic hydroxyl groups is 1. The summed E-state index contributed by atoms with van der Waals surface area (Å²) in [6.07, 6.45) is -1.27. The summed E-state index contributed by atoms with van der Waals surface area (Å²) in [6.45, 7) is 5.13. The highest BCUT2D eigenvalue weighted by Gasteiger charge is 2.15. The number of esters is 2. The first-order valence-corrected chi connectivity index (χ1v) is 4.98. The second-order valence-corrected chi connectivity index (χ2v) is 3.36. The van der Waals surface area contributed by atoms with Crippen molar-refractivity contribution in [1.29, 1.82) is 0 Å². The summed E-state index contributed by atoms with van der Waals surface area (Å²) >= 11 is 0. The molecule has 15 heavy (non-hydrogen) atoms. The molecule has 0 saturated carbocycles. The Morgan fingerprint density at radius 3 is 2.27 bits per heavy atom. The van der Waals surface area contributed by atoms with Crippen molar-refractivity contribution in [2.75, 3.05) is 6.61 Å². The van der Waals surface area contributed by atoms with Crippen LogP contribution < -0.4 is 0 Å². The van der Waals surface area contributed by atoms with Crippen molar-refractivity contribution in [3.8, 4) is 0 Å². The Morgan fingerprint density at radius 1 is 1.20 bits per heavy atom. The molecule has 0 aromatic heterocycles. The molecule has 0 heterocycles. The van der Waals surface area contributed by atoms with E-state index in [1.165, 1.54) is 6.92 Å². The number of hydrogen-bond acceptors (Lipinski definition) is 5. The predicted molar refractivity (Wildman–Crippen MR) is 53.1 cm³/mol. The second kappa shape index (κ2) is 7.23. The van der Waals surface area contributed by atoms with Gasteiger partial charge in [0.1, 0.15) is 6.10 Å². The van der Waals surface area contributed by atoms with E-state index in [2.05, 4.69) is 0 Å². The van der Waals surface area contributed by atoms with Gasteiger partial charge in [-0.3, -0.25) is 9.59 Å². The molecule has 0 rings (SSSR count). The molecular formula is C10H18O5. The van der Waals surface area contributed by atoms with E-state index in [1.807, 2.05) is 0 Å². The largest absolute Gasteiger partial charge is 0.466 e. The van der Waals surface area contributed by atoms with Crippen molar-refractivity contribution in [3.63, 3.8) is 0 Å². The Bertz CT molecular complexity index is 212. The Labute approximate surface area is 89.4 Å². The number of hydrogen-bond donors (Lipinski definition) is 1. The molecule has 5 nitrogen and oxygen atoms in total. The molecule has 2 atom stereocenters. The van der Waals surface area contributed by atoms with Gasteiger partial charge in [-0.1, -0.05) is 0 Å². The minimum absolute atomic E-state index is 0.0411. The summed E-state index contributed by atoms with van der Waals surface area (Å²) in [4.78, 5) is 22.1. The third-order valence-electron chi connectivity index (χ3n) is 1.55. The number of carbonyl (C=O) groups is 2. The molecule has 0 radical (unpaired) electrons. The molecular weight excluding hydrogens is 200 g/mol. The number of carbonyl (C=O) groups excluding carboxylic acids is 2. The van der Waals surface area contributed by atoms with Crippen LogP contribution in [0.25, 0.3) is 0 Å². The van der Waals surface area contributed by atoms with Gasteiger partial charge in [0.2, 0.25) is 0 Å². The van der Waals surface area contributed by atoms with Gasteiger partial charge in [-0.25, -0.2) is 0 Å². The summed E-state index contributed by atoms with van der Waals surface area (Å²) < 4.78 is 9.57. The molecule has 0 saturated heterocycles. The van der Waals surface area contributed by atoms with Gasteiger partial charge >= 0.3 is 11.9 Å². The van der Waals surface area contributed by atoms with Crippen LogP contribution in [0.1, 0.15) is 33.6 Å². The van der Waals surface area contributed by atoms with Crippen molar-refractivity contribution in [3.05, 3.63) is 0 Å². The van der Waals surface area contributed by atoms with E-state index in [0.29, 0.717) is 6.61 Å². The maximum atomic E-state index is 11.1. The summed E-state index contributed by atoms with van der Waals surface area (Å²) in [7, 11) is 0. The molecule has 0 aliphatic heterocycles. The van der Waals surface area contributed by atoms with Gasteiger partial charge in [0.25, 0.3) is 0 Å². The van der Waals surface area contributed by atoms with Crippen LogP contribution in [0.4, 0.5) is 0 Å². The van der Waals surface area contributed by atoms with E-state index in [-0.39, 0.29) is 12.8 Å². The lowest BCUT2D eigenvalue weighted by Gasteiger charge is -2.12. The summed E-state index contributed by atoms with van der Waals surface area (Å²) in [6, 6.07) is 0. The topological polar surface area (TPSA) is 72.8 Å². The van der Waals surface area contributed by atoms with Gasteiger partial charge in [0.15, 0.2) is 0 Å². The Balaban J connectivity index is 3.77. The number of ether oxygens (including phenoxy) is 2.